The van der Waals surface area contributed by atoms with Gasteiger partial charge in [0.1, 0.15) is 5.82 Å². The molecule has 1 N–H and O–H groups in total. The molecule has 0 aromatic heterocycles. The van der Waals surface area contributed by atoms with Crippen molar-refractivity contribution in [2.75, 3.05) is 20.3 Å². The fourth-order valence-corrected chi connectivity index (χ4v) is 1.87. The van der Waals surface area contributed by atoms with Crippen molar-refractivity contribution in [2.24, 2.45) is 0 Å². The molecule has 96 valence electrons. The molecular formula is C14H22FNO. The maximum atomic E-state index is 13.0. The quantitative estimate of drug-likeness (QED) is 0.704. The van der Waals surface area contributed by atoms with Crippen molar-refractivity contribution < 1.29 is 9.13 Å². The lowest BCUT2D eigenvalue weighted by Gasteiger charge is -2.16. The molecule has 1 aromatic carbocycles. The Hall–Kier alpha value is -0.930. The third-order valence-corrected chi connectivity index (χ3v) is 2.82. The zero-order valence-corrected chi connectivity index (χ0v) is 10.7. The van der Waals surface area contributed by atoms with E-state index in [9.17, 15) is 4.39 Å². The van der Waals surface area contributed by atoms with Gasteiger partial charge >= 0.3 is 0 Å². The second-order valence-electron chi connectivity index (χ2n) is 4.16. The van der Waals surface area contributed by atoms with E-state index in [-0.39, 0.29) is 5.82 Å². The second-order valence-corrected chi connectivity index (χ2v) is 4.16. The Kier molecular flexibility index (Phi) is 6.82. The number of halogens is 1. The van der Waals surface area contributed by atoms with E-state index in [0.29, 0.717) is 6.04 Å². The number of hydrogen-bond acceptors (Lipinski definition) is 2. The van der Waals surface area contributed by atoms with E-state index in [1.807, 2.05) is 20.0 Å². The Morgan fingerprint density at radius 1 is 1.41 bits per heavy atom. The van der Waals surface area contributed by atoms with E-state index >= 15 is 0 Å². The SMILES string of the molecule is CCOCCCC(Cc1cccc(F)c1)NC. The van der Waals surface area contributed by atoms with Crippen molar-refractivity contribution in [1.82, 2.24) is 5.32 Å². The van der Waals surface area contributed by atoms with Crippen molar-refractivity contribution in [1.29, 1.82) is 0 Å². The molecule has 0 fully saturated rings. The van der Waals surface area contributed by atoms with Crippen molar-refractivity contribution >= 4 is 0 Å². The van der Waals surface area contributed by atoms with Crippen LogP contribution in [-0.4, -0.2) is 26.3 Å². The number of likely N-dealkylation sites (N-methyl/N-ethyl adjacent to an activating group) is 1. The minimum atomic E-state index is -0.160. The summed E-state index contributed by atoms with van der Waals surface area (Å²) in [7, 11) is 1.95. The van der Waals surface area contributed by atoms with Crippen LogP contribution in [0.4, 0.5) is 4.39 Å². The predicted molar refractivity (Wildman–Crippen MR) is 68.7 cm³/mol. The molecular weight excluding hydrogens is 217 g/mol. The van der Waals surface area contributed by atoms with E-state index in [0.717, 1.165) is 38.0 Å². The highest BCUT2D eigenvalue weighted by molar-refractivity contribution is 5.17. The topological polar surface area (TPSA) is 21.3 Å². The molecule has 0 aliphatic rings. The van der Waals surface area contributed by atoms with Crippen molar-refractivity contribution in [3.05, 3.63) is 35.6 Å². The molecule has 1 aromatic rings. The molecule has 0 saturated heterocycles. The highest BCUT2D eigenvalue weighted by atomic mass is 19.1. The van der Waals surface area contributed by atoms with Gasteiger partial charge in [0.25, 0.3) is 0 Å². The highest BCUT2D eigenvalue weighted by Gasteiger charge is 2.07. The van der Waals surface area contributed by atoms with Crippen LogP contribution in [0.25, 0.3) is 0 Å². The summed E-state index contributed by atoms with van der Waals surface area (Å²) < 4.78 is 18.3. The van der Waals surface area contributed by atoms with Crippen LogP contribution in [0.3, 0.4) is 0 Å². The van der Waals surface area contributed by atoms with Crippen LogP contribution >= 0.6 is 0 Å². The average molecular weight is 239 g/mol. The molecule has 0 aliphatic heterocycles. The molecule has 1 atom stereocenters. The van der Waals surface area contributed by atoms with Crippen LogP contribution < -0.4 is 5.32 Å². The Labute approximate surface area is 103 Å². The van der Waals surface area contributed by atoms with Gasteiger partial charge in [-0.25, -0.2) is 4.39 Å². The summed E-state index contributed by atoms with van der Waals surface area (Å²) in [5.74, 6) is -0.160. The number of nitrogens with one attached hydrogen (secondary N) is 1. The van der Waals surface area contributed by atoms with Gasteiger partial charge < -0.3 is 10.1 Å². The molecule has 0 spiro atoms. The summed E-state index contributed by atoms with van der Waals surface area (Å²) in [6.45, 7) is 3.58. The molecule has 2 nitrogen and oxygen atoms in total. The molecule has 0 bridgehead atoms. The maximum Gasteiger partial charge on any atom is 0.123 e. The minimum Gasteiger partial charge on any atom is -0.382 e. The van der Waals surface area contributed by atoms with Crippen molar-refractivity contribution in [3.8, 4) is 0 Å². The monoisotopic (exact) mass is 239 g/mol. The van der Waals surface area contributed by atoms with Gasteiger partial charge in [0.15, 0.2) is 0 Å². The highest BCUT2D eigenvalue weighted by Crippen LogP contribution is 2.09. The lowest BCUT2D eigenvalue weighted by atomic mass is 10.0. The predicted octanol–water partition coefficient (Wildman–Crippen LogP) is 2.77. The number of ether oxygens (including phenoxy) is 1. The number of benzene rings is 1. The van der Waals surface area contributed by atoms with Gasteiger partial charge in [-0.3, -0.25) is 0 Å². The van der Waals surface area contributed by atoms with Gasteiger partial charge in [-0.1, -0.05) is 12.1 Å². The fraction of sp³-hybridized carbons (Fsp3) is 0.571. The summed E-state index contributed by atoms with van der Waals surface area (Å²) in [5.41, 5.74) is 1.04. The van der Waals surface area contributed by atoms with E-state index in [1.165, 1.54) is 6.07 Å². The summed E-state index contributed by atoms with van der Waals surface area (Å²) in [4.78, 5) is 0. The number of hydrogen-bond donors (Lipinski definition) is 1. The van der Waals surface area contributed by atoms with Gasteiger partial charge in [0.05, 0.1) is 0 Å². The van der Waals surface area contributed by atoms with Gasteiger partial charge in [-0.2, -0.15) is 0 Å². The molecule has 0 amide bonds. The first kappa shape index (κ1) is 14.1. The smallest absolute Gasteiger partial charge is 0.123 e. The zero-order chi connectivity index (χ0) is 12.5. The third kappa shape index (κ3) is 5.80. The molecule has 1 unspecified atom stereocenters. The Bertz CT molecular complexity index is 317. The van der Waals surface area contributed by atoms with Gasteiger partial charge in [0, 0.05) is 19.3 Å². The van der Waals surface area contributed by atoms with Crippen LogP contribution in [0.5, 0.6) is 0 Å². The standard InChI is InChI=1S/C14H22FNO/c1-3-17-9-5-8-14(16-2)11-12-6-4-7-13(15)10-12/h4,6-7,10,14,16H,3,5,8-9,11H2,1-2H3. The van der Waals surface area contributed by atoms with E-state index in [2.05, 4.69) is 5.32 Å². The van der Waals surface area contributed by atoms with Crippen LogP contribution in [0.2, 0.25) is 0 Å². The van der Waals surface area contributed by atoms with Gasteiger partial charge in [0.2, 0.25) is 0 Å². The van der Waals surface area contributed by atoms with Gasteiger partial charge in [-0.05, 0) is 50.9 Å². The van der Waals surface area contributed by atoms with Crippen LogP contribution in [0.1, 0.15) is 25.3 Å². The molecule has 3 heteroatoms. The Morgan fingerprint density at radius 2 is 2.24 bits per heavy atom. The molecule has 0 saturated carbocycles. The van der Waals surface area contributed by atoms with Gasteiger partial charge in [-0.15, -0.1) is 0 Å². The van der Waals surface area contributed by atoms with Crippen molar-refractivity contribution in [3.63, 3.8) is 0 Å². The van der Waals surface area contributed by atoms with E-state index in [1.54, 1.807) is 12.1 Å². The third-order valence-electron chi connectivity index (χ3n) is 2.82. The van der Waals surface area contributed by atoms with Crippen LogP contribution in [0.15, 0.2) is 24.3 Å². The first-order valence-corrected chi connectivity index (χ1v) is 6.25. The second kappa shape index (κ2) is 8.20. The Balaban J connectivity index is 2.35. The van der Waals surface area contributed by atoms with Crippen LogP contribution in [0, 0.1) is 5.82 Å². The first-order chi connectivity index (χ1) is 8.26. The summed E-state index contributed by atoms with van der Waals surface area (Å²) in [6.07, 6.45) is 2.95. The molecule has 0 aliphatic carbocycles. The zero-order valence-electron chi connectivity index (χ0n) is 10.7. The van der Waals surface area contributed by atoms with E-state index in [4.69, 9.17) is 4.74 Å². The van der Waals surface area contributed by atoms with E-state index < -0.39 is 0 Å². The van der Waals surface area contributed by atoms with Crippen LogP contribution in [-0.2, 0) is 11.2 Å². The molecule has 1 rings (SSSR count). The normalized spacial score (nSPS) is 12.6. The summed E-state index contributed by atoms with van der Waals surface area (Å²) >= 11 is 0. The summed E-state index contributed by atoms with van der Waals surface area (Å²) in [6, 6.07) is 7.20. The Morgan fingerprint density at radius 3 is 2.88 bits per heavy atom. The van der Waals surface area contributed by atoms with Crippen molar-refractivity contribution in [2.45, 2.75) is 32.2 Å². The summed E-state index contributed by atoms with van der Waals surface area (Å²) in [5, 5.41) is 3.27. The first-order valence-electron chi connectivity index (χ1n) is 6.25. The fourth-order valence-electron chi connectivity index (χ4n) is 1.87. The minimum absolute atomic E-state index is 0.160. The number of rotatable bonds is 8. The maximum absolute atomic E-state index is 13.0. The molecule has 17 heavy (non-hydrogen) atoms. The average Bonchev–Trinajstić information content (AvgIpc) is 2.33. The molecule has 0 radical (unpaired) electrons. The molecule has 0 heterocycles. The lowest BCUT2D eigenvalue weighted by molar-refractivity contribution is 0.141. The largest absolute Gasteiger partial charge is 0.382 e. The lowest BCUT2D eigenvalue weighted by Crippen LogP contribution is -2.27.